The van der Waals surface area contributed by atoms with Gasteiger partial charge in [0.1, 0.15) is 5.75 Å². The molecule has 0 aliphatic carbocycles. The van der Waals surface area contributed by atoms with Gasteiger partial charge in [0.25, 0.3) is 0 Å². The van der Waals surface area contributed by atoms with Crippen molar-refractivity contribution in [1.82, 2.24) is 0 Å². The fourth-order valence-corrected chi connectivity index (χ4v) is 3.50. The van der Waals surface area contributed by atoms with E-state index in [1.54, 1.807) is 12.1 Å². The summed E-state index contributed by atoms with van der Waals surface area (Å²) in [7, 11) is 0. The third-order valence-electron chi connectivity index (χ3n) is 5.24. The fraction of sp³-hybridized carbons (Fsp3) is 0.321. The summed E-state index contributed by atoms with van der Waals surface area (Å²) in [5, 5.41) is 0. The normalized spacial score (nSPS) is 10.6. The van der Waals surface area contributed by atoms with Crippen LogP contribution in [0.2, 0.25) is 0 Å². The highest BCUT2D eigenvalue weighted by Gasteiger charge is 2.05. The van der Waals surface area contributed by atoms with E-state index >= 15 is 0 Å². The van der Waals surface area contributed by atoms with Crippen molar-refractivity contribution >= 4 is 5.97 Å². The van der Waals surface area contributed by atoms with Gasteiger partial charge in [-0.25, -0.2) is 4.79 Å². The first-order chi connectivity index (χ1) is 15.3. The molecule has 0 heterocycles. The summed E-state index contributed by atoms with van der Waals surface area (Å²) in [6.07, 6.45) is 7.91. The van der Waals surface area contributed by atoms with Crippen LogP contribution in [0.4, 0.5) is 0 Å². The number of esters is 1. The number of carbonyl (C=O) groups excluding carboxylic acids is 1. The Bertz CT molecular complexity index is 890. The standard InChI is InChI=1S/C28H32O3/c29-28(25-17-10-7-11-18-25)31-22-13-5-3-1-2-4-12-21-30-27-20-14-19-26(23-27)24-15-8-6-9-16-24/h6-11,14-20,23H,1-5,12-13,21-22H2. The predicted molar refractivity (Wildman–Crippen MR) is 126 cm³/mol. The van der Waals surface area contributed by atoms with Crippen LogP contribution >= 0.6 is 0 Å². The average Bonchev–Trinajstić information content (AvgIpc) is 2.83. The highest BCUT2D eigenvalue weighted by Crippen LogP contribution is 2.23. The van der Waals surface area contributed by atoms with Crippen LogP contribution in [0.15, 0.2) is 84.9 Å². The maximum Gasteiger partial charge on any atom is 0.338 e. The van der Waals surface area contributed by atoms with Gasteiger partial charge in [-0.05, 0) is 48.2 Å². The van der Waals surface area contributed by atoms with Gasteiger partial charge < -0.3 is 9.47 Å². The lowest BCUT2D eigenvalue weighted by molar-refractivity contribution is 0.0497. The molecule has 0 radical (unpaired) electrons. The largest absolute Gasteiger partial charge is 0.494 e. The smallest absolute Gasteiger partial charge is 0.338 e. The molecule has 0 amide bonds. The molecule has 0 bridgehead atoms. The highest BCUT2D eigenvalue weighted by atomic mass is 16.5. The molecule has 0 saturated carbocycles. The van der Waals surface area contributed by atoms with E-state index in [0.29, 0.717) is 12.2 Å². The van der Waals surface area contributed by atoms with E-state index in [-0.39, 0.29) is 5.97 Å². The SMILES string of the molecule is O=C(OCCCCCCCCCOc1cccc(-c2ccccc2)c1)c1ccccc1. The summed E-state index contributed by atoms with van der Waals surface area (Å²) in [5.74, 6) is 0.710. The van der Waals surface area contributed by atoms with Crippen molar-refractivity contribution in [3.63, 3.8) is 0 Å². The summed E-state index contributed by atoms with van der Waals surface area (Å²) in [5.41, 5.74) is 3.02. The molecule has 3 rings (SSSR count). The molecule has 3 aromatic rings. The van der Waals surface area contributed by atoms with E-state index in [1.165, 1.54) is 36.8 Å². The molecule has 31 heavy (non-hydrogen) atoms. The first kappa shape index (κ1) is 22.6. The van der Waals surface area contributed by atoms with Gasteiger partial charge in [-0.1, -0.05) is 92.8 Å². The van der Waals surface area contributed by atoms with E-state index < -0.39 is 0 Å². The zero-order valence-corrected chi connectivity index (χ0v) is 18.2. The summed E-state index contributed by atoms with van der Waals surface area (Å²) in [6, 6.07) is 27.8. The van der Waals surface area contributed by atoms with Gasteiger partial charge >= 0.3 is 5.97 Å². The minimum Gasteiger partial charge on any atom is -0.494 e. The minimum atomic E-state index is -0.227. The third-order valence-corrected chi connectivity index (χ3v) is 5.24. The van der Waals surface area contributed by atoms with Crippen molar-refractivity contribution in [2.75, 3.05) is 13.2 Å². The van der Waals surface area contributed by atoms with Gasteiger partial charge in [-0.2, -0.15) is 0 Å². The van der Waals surface area contributed by atoms with E-state index in [0.717, 1.165) is 31.6 Å². The van der Waals surface area contributed by atoms with Crippen molar-refractivity contribution in [1.29, 1.82) is 0 Å². The van der Waals surface area contributed by atoms with Crippen LogP contribution < -0.4 is 4.74 Å². The molecule has 3 heteroatoms. The Morgan fingerprint density at radius 1 is 0.581 bits per heavy atom. The van der Waals surface area contributed by atoms with Crippen molar-refractivity contribution in [3.05, 3.63) is 90.5 Å². The molecule has 0 aromatic heterocycles. The number of hydrogen-bond donors (Lipinski definition) is 0. The monoisotopic (exact) mass is 416 g/mol. The maximum atomic E-state index is 11.8. The van der Waals surface area contributed by atoms with Crippen molar-refractivity contribution in [2.45, 2.75) is 44.9 Å². The van der Waals surface area contributed by atoms with Gasteiger partial charge in [0.15, 0.2) is 0 Å². The number of rotatable bonds is 13. The first-order valence-corrected chi connectivity index (χ1v) is 11.3. The van der Waals surface area contributed by atoms with Crippen molar-refractivity contribution in [3.8, 4) is 16.9 Å². The Morgan fingerprint density at radius 2 is 1.16 bits per heavy atom. The maximum absolute atomic E-state index is 11.8. The third kappa shape index (κ3) is 8.29. The Balaban J connectivity index is 1.18. The van der Waals surface area contributed by atoms with Crippen LogP contribution in [-0.4, -0.2) is 19.2 Å². The first-order valence-electron chi connectivity index (χ1n) is 11.3. The minimum absolute atomic E-state index is 0.227. The molecule has 0 N–H and O–H groups in total. The Labute approximate surface area is 186 Å². The number of ether oxygens (including phenoxy) is 2. The molecular formula is C28H32O3. The molecule has 0 aliphatic heterocycles. The van der Waals surface area contributed by atoms with Crippen LogP contribution in [-0.2, 0) is 4.74 Å². The second-order valence-corrected chi connectivity index (χ2v) is 7.72. The summed E-state index contributed by atoms with van der Waals surface area (Å²) in [4.78, 5) is 11.8. The van der Waals surface area contributed by atoms with Gasteiger partial charge in [0, 0.05) is 0 Å². The summed E-state index contributed by atoms with van der Waals surface area (Å²) in [6.45, 7) is 1.26. The molecule has 0 saturated heterocycles. The van der Waals surface area contributed by atoms with E-state index in [9.17, 15) is 4.79 Å². The molecule has 0 spiro atoms. The van der Waals surface area contributed by atoms with E-state index in [4.69, 9.17) is 9.47 Å². The molecule has 3 nitrogen and oxygen atoms in total. The molecular weight excluding hydrogens is 384 g/mol. The second-order valence-electron chi connectivity index (χ2n) is 7.72. The second kappa shape index (κ2) is 13.3. The zero-order chi connectivity index (χ0) is 21.6. The number of carbonyl (C=O) groups is 1. The lowest BCUT2D eigenvalue weighted by atomic mass is 10.1. The lowest BCUT2D eigenvalue weighted by Gasteiger charge is -2.08. The fourth-order valence-electron chi connectivity index (χ4n) is 3.50. The summed E-state index contributed by atoms with van der Waals surface area (Å²) >= 11 is 0. The van der Waals surface area contributed by atoms with Crippen LogP contribution in [0.3, 0.4) is 0 Å². The molecule has 0 aliphatic rings. The van der Waals surface area contributed by atoms with Crippen LogP contribution in [0, 0.1) is 0 Å². The predicted octanol–water partition coefficient (Wildman–Crippen LogP) is 7.32. The summed E-state index contributed by atoms with van der Waals surface area (Å²) < 4.78 is 11.2. The topological polar surface area (TPSA) is 35.5 Å². The molecule has 162 valence electrons. The molecule has 0 atom stereocenters. The van der Waals surface area contributed by atoms with Gasteiger partial charge in [0.2, 0.25) is 0 Å². The van der Waals surface area contributed by atoms with Gasteiger partial charge in [-0.3, -0.25) is 0 Å². The van der Waals surface area contributed by atoms with E-state index in [1.807, 2.05) is 30.3 Å². The van der Waals surface area contributed by atoms with Crippen LogP contribution in [0.5, 0.6) is 5.75 Å². The highest BCUT2D eigenvalue weighted by molar-refractivity contribution is 5.89. The Hall–Kier alpha value is -3.07. The van der Waals surface area contributed by atoms with Crippen molar-refractivity contribution < 1.29 is 14.3 Å². The van der Waals surface area contributed by atoms with E-state index in [2.05, 4.69) is 42.5 Å². The quantitative estimate of drug-likeness (QED) is 0.216. The molecule has 0 unspecified atom stereocenters. The number of benzene rings is 3. The lowest BCUT2D eigenvalue weighted by Crippen LogP contribution is -2.06. The average molecular weight is 417 g/mol. The van der Waals surface area contributed by atoms with Crippen LogP contribution in [0.25, 0.3) is 11.1 Å². The Kier molecular flexibility index (Phi) is 9.68. The van der Waals surface area contributed by atoms with Gasteiger partial charge in [-0.15, -0.1) is 0 Å². The zero-order valence-electron chi connectivity index (χ0n) is 18.2. The van der Waals surface area contributed by atoms with Gasteiger partial charge in [0.05, 0.1) is 18.8 Å². The van der Waals surface area contributed by atoms with Crippen LogP contribution in [0.1, 0.15) is 55.3 Å². The van der Waals surface area contributed by atoms with Crippen molar-refractivity contribution in [2.24, 2.45) is 0 Å². The molecule has 0 fully saturated rings. The number of hydrogen-bond acceptors (Lipinski definition) is 3. The number of unbranched alkanes of at least 4 members (excludes halogenated alkanes) is 6. The molecule has 3 aromatic carbocycles. The Morgan fingerprint density at radius 3 is 1.87 bits per heavy atom.